The van der Waals surface area contributed by atoms with Gasteiger partial charge in [-0.1, -0.05) is 42.3 Å². The van der Waals surface area contributed by atoms with Crippen LogP contribution < -0.4 is 5.32 Å². The lowest BCUT2D eigenvalue weighted by Crippen LogP contribution is -2.36. The van der Waals surface area contributed by atoms with E-state index in [1.165, 1.54) is 44.9 Å². The maximum Gasteiger partial charge on any atom is 0.0311 e. The Balaban J connectivity index is 1.75. The number of fused-ring (bicyclic) bond motifs is 1. The summed E-state index contributed by atoms with van der Waals surface area (Å²) >= 11 is 0. The van der Waals surface area contributed by atoms with Crippen LogP contribution in [0.3, 0.4) is 0 Å². The van der Waals surface area contributed by atoms with Crippen molar-refractivity contribution < 1.29 is 0 Å². The van der Waals surface area contributed by atoms with Gasteiger partial charge in [-0.15, -0.1) is 0 Å². The SMILES string of the molecule is CNC(C1=CCCCCC1)C1Cc2ccccc2C1. The number of hydrogen-bond donors (Lipinski definition) is 1. The van der Waals surface area contributed by atoms with Gasteiger partial charge in [0.15, 0.2) is 0 Å². The Morgan fingerprint density at radius 1 is 1.05 bits per heavy atom. The summed E-state index contributed by atoms with van der Waals surface area (Å²) in [5.74, 6) is 0.756. The Bertz CT molecular complexity index is 436. The molecule has 0 heterocycles. The molecule has 1 unspecified atom stereocenters. The van der Waals surface area contributed by atoms with Crippen LogP contribution in [0.15, 0.2) is 35.9 Å². The first kappa shape index (κ1) is 12.9. The zero-order chi connectivity index (χ0) is 13.1. The van der Waals surface area contributed by atoms with Gasteiger partial charge in [0.1, 0.15) is 0 Å². The van der Waals surface area contributed by atoms with Crippen LogP contribution in [0, 0.1) is 5.92 Å². The first-order valence-electron chi connectivity index (χ1n) is 7.81. The van der Waals surface area contributed by atoms with Gasteiger partial charge in [0, 0.05) is 6.04 Å². The molecule has 0 spiro atoms. The lowest BCUT2D eigenvalue weighted by molar-refractivity contribution is 0.419. The molecular weight excluding hydrogens is 230 g/mol. The highest BCUT2D eigenvalue weighted by Crippen LogP contribution is 2.33. The van der Waals surface area contributed by atoms with Crippen LogP contribution in [0.1, 0.15) is 43.2 Å². The monoisotopic (exact) mass is 255 g/mol. The Labute approximate surface area is 117 Å². The third-order valence-corrected chi connectivity index (χ3v) is 4.84. The maximum atomic E-state index is 3.61. The number of hydrogen-bond acceptors (Lipinski definition) is 1. The molecule has 3 rings (SSSR count). The lowest BCUT2D eigenvalue weighted by Gasteiger charge is -2.26. The van der Waals surface area contributed by atoms with E-state index in [4.69, 9.17) is 0 Å². The standard InChI is InChI=1S/C18H25N/c1-19-18(14-8-4-2-3-5-9-14)17-12-15-10-6-7-11-16(15)13-17/h6-8,10-11,17-19H,2-5,9,12-13H2,1H3. The summed E-state index contributed by atoms with van der Waals surface area (Å²) in [6, 6.07) is 9.57. The summed E-state index contributed by atoms with van der Waals surface area (Å²) in [7, 11) is 2.14. The molecule has 0 saturated carbocycles. The third-order valence-electron chi connectivity index (χ3n) is 4.84. The Morgan fingerprint density at radius 2 is 1.79 bits per heavy atom. The smallest absolute Gasteiger partial charge is 0.0311 e. The van der Waals surface area contributed by atoms with E-state index in [0.29, 0.717) is 6.04 Å². The van der Waals surface area contributed by atoms with Gasteiger partial charge < -0.3 is 5.32 Å². The van der Waals surface area contributed by atoms with Crippen molar-refractivity contribution in [3.05, 3.63) is 47.0 Å². The van der Waals surface area contributed by atoms with Crippen LogP contribution in [0.25, 0.3) is 0 Å². The van der Waals surface area contributed by atoms with Crippen molar-refractivity contribution in [3.63, 3.8) is 0 Å². The normalized spacial score (nSPS) is 21.6. The van der Waals surface area contributed by atoms with Gasteiger partial charge >= 0.3 is 0 Å². The van der Waals surface area contributed by atoms with E-state index < -0.39 is 0 Å². The fourth-order valence-electron chi connectivity index (χ4n) is 3.87. The van der Waals surface area contributed by atoms with Crippen LogP contribution >= 0.6 is 0 Å². The molecule has 2 aliphatic rings. The highest BCUT2D eigenvalue weighted by molar-refractivity contribution is 5.34. The van der Waals surface area contributed by atoms with Crippen molar-refractivity contribution in [2.24, 2.45) is 5.92 Å². The second-order valence-electron chi connectivity index (χ2n) is 6.08. The fraction of sp³-hybridized carbons (Fsp3) is 0.556. The van der Waals surface area contributed by atoms with Gasteiger partial charge in [-0.3, -0.25) is 0 Å². The van der Waals surface area contributed by atoms with Gasteiger partial charge in [-0.25, -0.2) is 0 Å². The van der Waals surface area contributed by atoms with E-state index in [1.807, 2.05) is 0 Å². The molecule has 1 heteroatoms. The minimum Gasteiger partial charge on any atom is -0.313 e. The van der Waals surface area contributed by atoms with E-state index in [-0.39, 0.29) is 0 Å². The fourth-order valence-corrected chi connectivity index (χ4v) is 3.87. The zero-order valence-corrected chi connectivity index (χ0v) is 12.0. The largest absolute Gasteiger partial charge is 0.313 e. The van der Waals surface area contributed by atoms with E-state index in [2.05, 4.69) is 42.7 Å². The molecule has 102 valence electrons. The minimum absolute atomic E-state index is 0.588. The van der Waals surface area contributed by atoms with Crippen LogP contribution in [-0.4, -0.2) is 13.1 Å². The van der Waals surface area contributed by atoms with Gasteiger partial charge in [0.2, 0.25) is 0 Å². The van der Waals surface area contributed by atoms with Crippen molar-refractivity contribution in [2.45, 2.75) is 51.0 Å². The summed E-state index contributed by atoms with van der Waals surface area (Å²) in [5.41, 5.74) is 4.82. The molecule has 0 fully saturated rings. The van der Waals surface area contributed by atoms with Crippen molar-refractivity contribution in [2.75, 3.05) is 7.05 Å². The molecule has 1 N–H and O–H groups in total. The molecule has 0 aromatic heterocycles. The van der Waals surface area contributed by atoms with E-state index in [1.54, 1.807) is 16.7 Å². The number of allylic oxidation sites excluding steroid dienone is 1. The molecule has 0 amide bonds. The second-order valence-corrected chi connectivity index (χ2v) is 6.08. The third kappa shape index (κ3) is 2.76. The molecule has 0 aliphatic heterocycles. The van der Waals surface area contributed by atoms with E-state index >= 15 is 0 Å². The number of benzene rings is 1. The predicted molar refractivity (Wildman–Crippen MR) is 81.4 cm³/mol. The molecule has 1 nitrogen and oxygen atoms in total. The van der Waals surface area contributed by atoms with Gasteiger partial charge in [0.05, 0.1) is 0 Å². The molecule has 1 aromatic carbocycles. The van der Waals surface area contributed by atoms with Gasteiger partial charge in [-0.05, 0) is 62.6 Å². The lowest BCUT2D eigenvalue weighted by atomic mass is 9.88. The van der Waals surface area contributed by atoms with Crippen LogP contribution in [-0.2, 0) is 12.8 Å². The molecule has 0 bridgehead atoms. The van der Waals surface area contributed by atoms with Crippen molar-refractivity contribution in [1.29, 1.82) is 0 Å². The van der Waals surface area contributed by atoms with Crippen molar-refractivity contribution in [3.8, 4) is 0 Å². The van der Waals surface area contributed by atoms with Gasteiger partial charge in [-0.2, -0.15) is 0 Å². The molecule has 2 aliphatic carbocycles. The Morgan fingerprint density at radius 3 is 2.47 bits per heavy atom. The molecule has 1 aromatic rings. The van der Waals surface area contributed by atoms with Crippen molar-refractivity contribution >= 4 is 0 Å². The maximum absolute atomic E-state index is 3.61. The second kappa shape index (κ2) is 5.92. The highest BCUT2D eigenvalue weighted by atomic mass is 14.9. The Kier molecular flexibility index (Phi) is 4.03. The van der Waals surface area contributed by atoms with Crippen LogP contribution in [0.4, 0.5) is 0 Å². The average molecular weight is 255 g/mol. The summed E-state index contributed by atoms with van der Waals surface area (Å²) in [6.45, 7) is 0. The topological polar surface area (TPSA) is 12.0 Å². The van der Waals surface area contributed by atoms with Gasteiger partial charge in [0.25, 0.3) is 0 Å². The first-order valence-corrected chi connectivity index (χ1v) is 7.81. The molecule has 0 saturated heterocycles. The first-order chi connectivity index (χ1) is 9.38. The molecule has 0 radical (unpaired) electrons. The number of rotatable bonds is 3. The predicted octanol–water partition coefficient (Wildman–Crippen LogP) is 3.88. The number of likely N-dealkylation sites (N-methyl/N-ethyl adjacent to an activating group) is 1. The highest BCUT2D eigenvalue weighted by Gasteiger charge is 2.29. The zero-order valence-electron chi connectivity index (χ0n) is 12.0. The molecule has 1 atom stereocenters. The molecular formula is C18H25N. The summed E-state index contributed by atoms with van der Waals surface area (Å²) in [5, 5.41) is 3.61. The quantitative estimate of drug-likeness (QED) is 0.808. The van der Waals surface area contributed by atoms with Crippen LogP contribution in [0.2, 0.25) is 0 Å². The van der Waals surface area contributed by atoms with Crippen molar-refractivity contribution in [1.82, 2.24) is 5.32 Å². The summed E-state index contributed by atoms with van der Waals surface area (Å²) in [4.78, 5) is 0. The van der Waals surface area contributed by atoms with E-state index in [0.717, 1.165) is 5.92 Å². The summed E-state index contributed by atoms with van der Waals surface area (Å²) in [6.07, 6.45) is 11.8. The molecule has 19 heavy (non-hydrogen) atoms. The number of nitrogens with one attached hydrogen (secondary N) is 1. The van der Waals surface area contributed by atoms with E-state index in [9.17, 15) is 0 Å². The summed E-state index contributed by atoms with van der Waals surface area (Å²) < 4.78 is 0. The minimum atomic E-state index is 0.588. The average Bonchev–Trinajstić information content (AvgIpc) is 2.67. The Hall–Kier alpha value is -1.08. The van der Waals surface area contributed by atoms with Crippen LogP contribution in [0.5, 0.6) is 0 Å².